The first-order valence-electron chi connectivity index (χ1n) is 11.8. The number of carbonyl (C=O) groups is 1. The van der Waals surface area contributed by atoms with Crippen molar-refractivity contribution in [2.45, 2.75) is 20.1 Å². The van der Waals surface area contributed by atoms with E-state index >= 15 is 0 Å². The quantitative estimate of drug-likeness (QED) is 0.338. The molecule has 0 aliphatic heterocycles. The Morgan fingerprint density at radius 1 is 0.973 bits per heavy atom. The molecule has 5 rings (SSSR count). The number of benzene rings is 2. The van der Waals surface area contributed by atoms with Crippen LogP contribution in [0.5, 0.6) is 11.5 Å². The van der Waals surface area contributed by atoms with Crippen LogP contribution in [0.2, 0.25) is 0 Å². The summed E-state index contributed by atoms with van der Waals surface area (Å²) in [5.74, 6) is 0.462. The van der Waals surface area contributed by atoms with Crippen LogP contribution in [0.15, 0.2) is 96.2 Å². The smallest absolute Gasteiger partial charge is 0.263 e. The number of nitrogens with one attached hydrogen (secondary N) is 1. The predicted octanol–water partition coefficient (Wildman–Crippen LogP) is 4.69. The summed E-state index contributed by atoms with van der Waals surface area (Å²) in [6.45, 7) is 2.60. The highest BCUT2D eigenvalue weighted by Crippen LogP contribution is 2.31. The summed E-state index contributed by atoms with van der Waals surface area (Å²) < 4.78 is 14.8. The third kappa shape index (κ3) is 5.38. The number of hydrogen-bond acceptors (Lipinski definition) is 5. The Morgan fingerprint density at radius 2 is 1.86 bits per heavy atom. The number of ether oxygens (including phenoxy) is 2. The van der Waals surface area contributed by atoms with E-state index in [2.05, 4.69) is 10.3 Å². The van der Waals surface area contributed by atoms with Crippen molar-refractivity contribution in [2.75, 3.05) is 12.4 Å². The fraction of sp³-hybridized carbons (Fsp3) is 0.138. The molecule has 0 atom stereocenters. The van der Waals surface area contributed by atoms with E-state index in [-0.39, 0.29) is 17.7 Å². The molecule has 0 bridgehead atoms. The molecule has 1 N–H and O–H groups in total. The molecule has 0 saturated carbocycles. The van der Waals surface area contributed by atoms with Crippen molar-refractivity contribution in [3.8, 4) is 11.5 Å². The maximum Gasteiger partial charge on any atom is 0.263 e. The minimum Gasteiger partial charge on any atom is -0.493 e. The number of hydrogen-bond donors (Lipinski definition) is 1. The number of imidazole rings is 1. The molecule has 8 heteroatoms. The van der Waals surface area contributed by atoms with Crippen molar-refractivity contribution in [3.63, 3.8) is 0 Å². The fourth-order valence-corrected chi connectivity index (χ4v) is 4.12. The average molecular weight is 495 g/mol. The summed E-state index contributed by atoms with van der Waals surface area (Å²) in [5.41, 5.74) is 3.84. The van der Waals surface area contributed by atoms with Crippen molar-refractivity contribution in [1.29, 1.82) is 0 Å². The lowest BCUT2D eigenvalue weighted by Crippen LogP contribution is -2.29. The zero-order valence-electron chi connectivity index (χ0n) is 20.5. The molecule has 0 fully saturated rings. The van der Waals surface area contributed by atoms with Crippen molar-refractivity contribution in [1.82, 2.24) is 14.0 Å². The van der Waals surface area contributed by atoms with E-state index in [4.69, 9.17) is 9.47 Å². The van der Waals surface area contributed by atoms with Gasteiger partial charge < -0.3 is 23.8 Å². The van der Waals surface area contributed by atoms with Gasteiger partial charge in [0.15, 0.2) is 11.5 Å². The van der Waals surface area contributed by atoms with Gasteiger partial charge in [0.25, 0.3) is 11.5 Å². The summed E-state index contributed by atoms with van der Waals surface area (Å²) in [6.07, 6.45) is 5.49. The van der Waals surface area contributed by atoms with Gasteiger partial charge in [-0.1, -0.05) is 35.9 Å². The topological polar surface area (TPSA) is 86.9 Å². The van der Waals surface area contributed by atoms with E-state index in [0.29, 0.717) is 23.7 Å². The van der Waals surface area contributed by atoms with Gasteiger partial charge in [-0.2, -0.15) is 0 Å². The van der Waals surface area contributed by atoms with Crippen LogP contribution in [0.4, 0.5) is 5.69 Å². The van der Waals surface area contributed by atoms with E-state index in [1.54, 1.807) is 37.6 Å². The molecule has 0 spiro atoms. The number of aryl methyl sites for hydroxylation is 1. The van der Waals surface area contributed by atoms with Crippen molar-refractivity contribution < 1.29 is 14.3 Å². The molecule has 0 aliphatic carbocycles. The molecule has 186 valence electrons. The molecule has 2 aromatic carbocycles. The van der Waals surface area contributed by atoms with Crippen LogP contribution in [0.3, 0.4) is 0 Å². The van der Waals surface area contributed by atoms with Gasteiger partial charge in [0.2, 0.25) is 0 Å². The first-order chi connectivity index (χ1) is 18.0. The van der Waals surface area contributed by atoms with E-state index in [9.17, 15) is 9.59 Å². The number of nitrogens with zero attached hydrogens (tertiary/aromatic N) is 3. The lowest BCUT2D eigenvalue weighted by atomic mass is 10.1. The molecule has 0 saturated heterocycles. The van der Waals surface area contributed by atoms with Gasteiger partial charge in [0.1, 0.15) is 17.8 Å². The second kappa shape index (κ2) is 10.4. The van der Waals surface area contributed by atoms with Gasteiger partial charge in [0.05, 0.1) is 19.3 Å². The zero-order chi connectivity index (χ0) is 25.8. The summed E-state index contributed by atoms with van der Waals surface area (Å²) in [7, 11) is 1.55. The zero-order valence-corrected chi connectivity index (χ0v) is 20.5. The predicted molar refractivity (Wildman–Crippen MR) is 141 cm³/mol. The average Bonchev–Trinajstić information content (AvgIpc) is 3.32. The third-order valence-corrected chi connectivity index (χ3v) is 5.91. The standard InChI is InChI=1S/C29H26N4O4/c1-20-7-5-8-21(15-20)17-33-14-6-9-24(29(33)35)28(34)31-22-11-12-25(36-2)26(16-22)37-19-23-18-32-13-4-3-10-27(32)30-23/h3-16,18H,17,19H2,1-2H3,(H,31,34). The Kier molecular flexibility index (Phi) is 6.72. The van der Waals surface area contributed by atoms with Crippen LogP contribution in [-0.2, 0) is 13.2 Å². The maximum absolute atomic E-state index is 13.0. The van der Waals surface area contributed by atoms with Gasteiger partial charge in [0, 0.05) is 30.3 Å². The van der Waals surface area contributed by atoms with E-state index in [1.807, 2.05) is 66.2 Å². The van der Waals surface area contributed by atoms with Gasteiger partial charge >= 0.3 is 0 Å². The Morgan fingerprint density at radius 3 is 2.68 bits per heavy atom. The molecule has 3 aromatic heterocycles. The summed E-state index contributed by atoms with van der Waals surface area (Å²) in [6, 6.07) is 22.0. The minimum absolute atomic E-state index is 0.0538. The molecule has 5 aromatic rings. The largest absolute Gasteiger partial charge is 0.493 e. The van der Waals surface area contributed by atoms with E-state index < -0.39 is 5.91 Å². The second-order valence-electron chi connectivity index (χ2n) is 8.65. The molecule has 8 nitrogen and oxygen atoms in total. The van der Waals surface area contributed by atoms with Crippen molar-refractivity contribution in [2.24, 2.45) is 0 Å². The van der Waals surface area contributed by atoms with Crippen LogP contribution < -0.4 is 20.3 Å². The van der Waals surface area contributed by atoms with Gasteiger partial charge in [-0.15, -0.1) is 0 Å². The number of methoxy groups -OCH3 is 1. The van der Waals surface area contributed by atoms with E-state index in [0.717, 1.165) is 22.5 Å². The molecule has 0 aliphatic rings. The highest BCUT2D eigenvalue weighted by atomic mass is 16.5. The van der Waals surface area contributed by atoms with Crippen LogP contribution >= 0.6 is 0 Å². The van der Waals surface area contributed by atoms with Gasteiger partial charge in [-0.25, -0.2) is 4.98 Å². The van der Waals surface area contributed by atoms with Crippen molar-refractivity contribution >= 4 is 17.2 Å². The van der Waals surface area contributed by atoms with Crippen LogP contribution in [0.25, 0.3) is 5.65 Å². The Bertz CT molecular complexity index is 1600. The van der Waals surface area contributed by atoms with Gasteiger partial charge in [-0.05, 0) is 48.9 Å². The summed E-state index contributed by atoms with van der Waals surface area (Å²) in [4.78, 5) is 30.6. The van der Waals surface area contributed by atoms with Crippen LogP contribution in [-0.4, -0.2) is 27.0 Å². The SMILES string of the molecule is COc1ccc(NC(=O)c2cccn(Cc3cccc(C)c3)c2=O)cc1OCc1cn2ccccc2n1. The monoisotopic (exact) mass is 494 g/mol. The number of carbonyl (C=O) groups excluding carboxylic acids is 1. The fourth-order valence-electron chi connectivity index (χ4n) is 4.12. The lowest BCUT2D eigenvalue weighted by molar-refractivity contribution is 0.102. The maximum atomic E-state index is 13.0. The number of aromatic nitrogens is 3. The molecular weight excluding hydrogens is 468 g/mol. The molecule has 0 unspecified atom stereocenters. The molecule has 3 heterocycles. The van der Waals surface area contributed by atoms with Crippen LogP contribution in [0.1, 0.15) is 27.2 Å². The number of rotatable bonds is 8. The Labute approximate surface area is 213 Å². The first kappa shape index (κ1) is 23.9. The third-order valence-electron chi connectivity index (χ3n) is 5.91. The summed E-state index contributed by atoms with van der Waals surface area (Å²) in [5, 5.41) is 2.80. The molecule has 0 radical (unpaired) electrons. The first-order valence-corrected chi connectivity index (χ1v) is 11.8. The molecule has 37 heavy (non-hydrogen) atoms. The molecular formula is C29H26N4O4. The molecule has 1 amide bonds. The Balaban J connectivity index is 1.32. The number of fused-ring (bicyclic) bond motifs is 1. The Hall–Kier alpha value is -4.85. The van der Waals surface area contributed by atoms with Gasteiger partial charge in [-0.3, -0.25) is 9.59 Å². The normalized spacial score (nSPS) is 10.9. The number of amides is 1. The van der Waals surface area contributed by atoms with Crippen LogP contribution in [0, 0.1) is 6.92 Å². The lowest BCUT2D eigenvalue weighted by Gasteiger charge is -2.13. The summed E-state index contributed by atoms with van der Waals surface area (Å²) >= 11 is 0. The highest BCUT2D eigenvalue weighted by molar-refractivity contribution is 6.04. The second-order valence-corrected chi connectivity index (χ2v) is 8.65. The highest BCUT2D eigenvalue weighted by Gasteiger charge is 2.15. The minimum atomic E-state index is -0.500. The number of anilines is 1. The van der Waals surface area contributed by atoms with E-state index in [1.165, 1.54) is 10.6 Å². The van der Waals surface area contributed by atoms with Crippen molar-refractivity contribution in [3.05, 3.63) is 124 Å². The number of pyridine rings is 2.